The number of methoxy groups -OCH3 is 2. The van der Waals surface area contributed by atoms with Crippen LogP contribution >= 0.6 is 0 Å². The van der Waals surface area contributed by atoms with Crippen LogP contribution in [0.3, 0.4) is 0 Å². The molecule has 1 aliphatic rings. The molecule has 0 saturated carbocycles. The summed E-state index contributed by atoms with van der Waals surface area (Å²) in [6, 6.07) is 15.0. The molecule has 0 amide bonds. The number of rotatable bonds is 5. The van der Waals surface area contributed by atoms with E-state index in [0.717, 1.165) is 11.1 Å². The molecule has 3 rings (SSSR count). The number of aliphatic imine (C=N–C) groups is 1. The summed E-state index contributed by atoms with van der Waals surface area (Å²) in [4.78, 5) is 4.51. The minimum absolute atomic E-state index is 0.0731. The maximum absolute atomic E-state index is 9.61. The Morgan fingerprint density at radius 1 is 1.04 bits per heavy atom. The van der Waals surface area contributed by atoms with Gasteiger partial charge in [0, 0.05) is 5.56 Å². The molecular weight excluding hydrogens is 294 g/mol. The highest BCUT2D eigenvalue weighted by Gasteiger charge is 2.32. The lowest BCUT2D eigenvalue weighted by Crippen LogP contribution is -2.17. The predicted octanol–water partition coefficient (Wildman–Crippen LogP) is 2.58. The minimum atomic E-state index is -0.319. The Balaban J connectivity index is 1.89. The van der Waals surface area contributed by atoms with E-state index in [9.17, 15) is 5.11 Å². The topological polar surface area (TPSA) is 60.3 Å². The molecule has 120 valence electrons. The zero-order valence-corrected chi connectivity index (χ0v) is 13.1. The van der Waals surface area contributed by atoms with Crippen LogP contribution in [0, 0.1) is 0 Å². The van der Waals surface area contributed by atoms with Crippen molar-refractivity contribution in [2.75, 3.05) is 20.8 Å². The van der Waals surface area contributed by atoms with E-state index < -0.39 is 0 Å². The molecule has 2 aromatic carbocycles. The van der Waals surface area contributed by atoms with Crippen molar-refractivity contribution in [3.63, 3.8) is 0 Å². The predicted molar refractivity (Wildman–Crippen MR) is 87.2 cm³/mol. The number of nitrogens with zero attached hydrogens (tertiary/aromatic N) is 1. The van der Waals surface area contributed by atoms with Gasteiger partial charge >= 0.3 is 0 Å². The van der Waals surface area contributed by atoms with Gasteiger partial charge in [-0.1, -0.05) is 30.3 Å². The highest BCUT2D eigenvalue weighted by molar-refractivity contribution is 5.96. The molecule has 2 aromatic rings. The monoisotopic (exact) mass is 313 g/mol. The fourth-order valence-corrected chi connectivity index (χ4v) is 2.63. The van der Waals surface area contributed by atoms with Gasteiger partial charge in [-0.3, -0.25) is 0 Å². The molecule has 0 fully saturated rings. The van der Waals surface area contributed by atoms with Gasteiger partial charge in [-0.25, -0.2) is 4.99 Å². The molecule has 0 aromatic heterocycles. The third-order valence-electron chi connectivity index (χ3n) is 3.82. The SMILES string of the molecule is COc1ccc(C2=N[C@@H](CO)[C@@H](c3ccccc3)O2)cc1OC. The summed E-state index contributed by atoms with van der Waals surface area (Å²) in [7, 11) is 3.18. The van der Waals surface area contributed by atoms with E-state index in [-0.39, 0.29) is 18.8 Å². The van der Waals surface area contributed by atoms with Crippen molar-refractivity contribution in [1.82, 2.24) is 0 Å². The van der Waals surface area contributed by atoms with Gasteiger partial charge in [0.25, 0.3) is 0 Å². The summed E-state index contributed by atoms with van der Waals surface area (Å²) < 4.78 is 16.6. The molecule has 5 heteroatoms. The third kappa shape index (κ3) is 3.00. The lowest BCUT2D eigenvalue weighted by atomic mass is 10.0. The largest absolute Gasteiger partial charge is 0.493 e. The van der Waals surface area contributed by atoms with Crippen LogP contribution in [-0.2, 0) is 4.74 Å². The van der Waals surface area contributed by atoms with Gasteiger partial charge < -0.3 is 19.3 Å². The van der Waals surface area contributed by atoms with Crippen LogP contribution in [0.25, 0.3) is 0 Å². The normalized spacial score (nSPS) is 19.9. The van der Waals surface area contributed by atoms with Crippen molar-refractivity contribution in [2.24, 2.45) is 4.99 Å². The summed E-state index contributed by atoms with van der Waals surface area (Å²) in [6.45, 7) is -0.0731. The second-order valence-corrected chi connectivity index (χ2v) is 5.20. The lowest BCUT2D eigenvalue weighted by molar-refractivity contribution is 0.152. The maximum atomic E-state index is 9.61. The Morgan fingerprint density at radius 3 is 2.43 bits per heavy atom. The summed E-state index contributed by atoms with van der Waals surface area (Å²) in [5, 5.41) is 9.61. The van der Waals surface area contributed by atoms with Crippen LogP contribution in [-0.4, -0.2) is 37.9 Å². The fourth-order valence-electron chi connectivity index (χ4n) is 2.63. The van der Waals surface area contributed by atoms with Gasteiger partial charge in [-0.15, -0.1) is 0 Å². The summed E-state index contributed by atoms with van der Waals surface area (Å²) in [6.07, 6.45) is -0.288. The average molecular weight is 313 g/mol. The van der Waals surface area contributed by atoms with Gasteiger partial charge in [0.1, 0.15) is 6.04 Å². The molecule has 23 heavy (non-hydrogen) atoms. The Kier molecular flexibility index (Phi) is 4.48. The standard InChI is InChI=1S/C18H19NO4/c1-21-15-9-8-13(10-16(15)22-2)18-19-14(11-20)17(23-18)12-6-4-3-5-7-12/h3-10,14,17,20H,11H2,1-2H3/t14-,17+/m0/s1. The smallest absolute Gasteiger partial charge is 0.217 e. The van der Waals surface area contributed by atoms with Crippen LogP contribution in [0.2, 0.25) is 0 Å². The van der Waals surface area contributed by atoms with Crippen LogP contribution < -0.4 is 9.47 Å². The van der Waals surface area contributed by atoms with Crippen LogP contribution in [0.1, 0.15) is 17.2 Å². The van der Waals surface area contributed by atoms with Crippen molar-refractivity contribution in [3.8, 4) is 11.5 Å². The highest BCUT2D eigenvalue weighted by atomic mass is 16.5. The molecule has 0 saturated heterocycles. The Bertz CT molecular complexity index is 699. The Labute approximate surface area is 135 Å². The first-order valence-electron chi connectivity index (χ1n) is 7.39. The van der Waals surface area contributed by atoms with E-state index in [1.807, 2.05) is 48.5 Å². The van der Waals surface area contributed by atoms with Gasteiger partial charge in [0.15, 0.2) is 17.6 Å². The maximum Gasteiger partial charge on any atom is 0.217 e. The second-order valence-electron chi connectivity index (χ2n) is 5.20. The molecule has 1 heterocycles. The number of aliphatic hydroxyl groups is 1. The molecule has 0 radical (unpaired) electrons. The Hall–Kier alpha value is -2.53. The number of benzene rings is 2. The van der Waals surface area contributed by atoms with E-state index in [1.165, 1.54) is 0 Å². The van der Waals surface area contributed by atoms with Gasteiger partial charge in [-0.05, 0) is 23.8 Å². The first-order chi connectivity index (χ1) is 11.3. The van der Waals surface area contributed by atoms with Crippen molar-refractivity contribution in [2.45, 2.75) is 12.1 Å². The molecule has 5 nitrogen and oxygen atoms in total. The number of hydrogen-bond donors (Lipinski definition) is 1. The number of hydrogen-bond acceptors (Lipinski definition) is 5. The van der Waals surface area contributed by atoms with Crippen molar-refractivity contribution in [1.29, 1.82) is 0 Å². The highest BCUT2D eigenvalue weighted by Crippen LogP contribution is 2.33. The second kappa shape index (κ2) is 6.71. The minimum Gasteiger partial charge on any atom is -0.493 e. The molecule has 0 bridgehead atoms. The lowest BCUT2D eigenvalue weighted by Gasteiger charge is -2.16. The zero-order chi connectivity index (χ0) is 16.2. The van der Waals surface area contributed by atoms with Crippen LogP contribution in [0.4, 0.5) is 0 Å². The van der Waals surface area contributed by atoms with E-state index in [1.54, 1.807) is 14.2 Å². The molecule has 0 aliphatic carbocycles. The van der Waals surface area contributed by atoms with Gasteiger partial charge in [0.2, 0.25) is 5.90 Å². The van der Waals surface area contributed by atoms with Gasteiger partial charge in [-0.2, -0.15) is 0 Å². The van der Waals surface area contributed by atoms with Crippen molar-refractivity contribution >= 4 is 5.90 Å². The quantitative estimate of drug-likeness (QED) is 0.921. The van der Waals surface area contributed by atoms with Crippen LogP contribution in [0.15, 0.2) is 53.5 Å². The number of aliphatic hydroxyl groups excluding tert-OH is 1. The zero-order valence-electron chi connectivity index (χ0n) is 13.1. The van der Waals surface area contributed by atoms with Crippen molar-refractivity contribution < 1.29 is 19.3 Å². The summed E-state index contributed by atoms with van der Waals surface area (Å²) in [5.41, 5.74) is 1.78. The average Bonchev–Trinajstić information content (AvgIpc) is 3.06. The van der Waals surface area contributed by atoms with Crippen molar-refractivity contribution in [3.05, 3.63) is 59.7 Å². The number of ether oxygens (including phenoxy) is 3. The molecule has 0 unspecified atom stereocenters. The van der Waals surface area contributed by atoms with E-state index in [2.05, 4.69) is 4.99 Å². The molecule has 2 atom stereocenters. The van der Waals surface area contributed by atoms with E-state index in [0.29, 0.717) is 17.4 Å². The third-order valence-corrected chi connectivity index (χ3v) is 3.82. The fraction of sp³-hybridized carbons (Fsp3) is 0.278. The summed E-state index contributed by atoms with van der Waals surface area (Å²) >= 11 is 0. The molecule has 1 N–H and O–H groups in total. The van der Waals surface area contributed by atoms with Gasteiger partial charge in [0.05, 0.1) is 20.8 Å². The molecule has 0 spiro atoms. The Morgan fingerprint density at radius 2 is 1.78 bits per heavy atom. The molecular formula is C18H19NO4. The van der Waals surface area contributed by atoms with E-state index in [4.69, 9.17) is 14.2 Å². The van der Waals surface area contributed by atoms with Crippen LogP contribution in [0.5, 0.6) is 11.5 Å². The first-order valence-corrected chi connectivity index (χ1v) is 7.39. The van der Waals surface area contributed by atoms with E-state index >= 15 is 0 Å². The molecule has 1 aliphatic heterocycles. The summed E-state index contributed by atoms with van der Waals surface area (Å²) in [5.74, 6) is 1.76. The first kappa shape index (κ1) is 15.4.